The van der Waals surface area contributed by atoms with Gasteiger partial charge in [-0.15, -0.1) is 4.68 Å². The maximum absolute atomic E-state index is 11.2. The molecule has 0 aliphatic carbocycles. The number of nitrogens with zero attached hydrogens (tertiary/aromatic N) is 3. The van der Waals surface area contributed by atoms with Gasteiger partial charge in [-0.2, -0.15) is 0 Å². The number of hydrogen-bond acceptors (Lipinski definition) is 5. The lowest BCUT2D eigenvalue weighted by atomic mass is 10.4. The Bertz CT molecular complexity index is 333. The van der Waals surface area contributed by atoms with Crippen LogP contribution in [0.25, 0.3) is 0 Å². The topological polar surface area (TPSA) is 97.1 Å². The lowest BCUT2D eigenvalue weighted by Crippen LogP contribution is -2.38. The van der Waals surface area contributed by atoms with E-state index in [2.05, 4.69) is 9.95 Å². The molecule has 7 nitrogen and oxygen atoms in total. The summed E-state index contributed by atoms with van der Waals surface area (Å²) in [6.07, 6.45) is 0. The minimum Gasteiger partial charge on any atom is -0.836 e. The van der Waals surface area contributed by atoms with Crippen LogP contribution >= 0.6 is 0 Å². The number of nitrogens with two attached hydrogens (primary N) is 1. The first-order chi connectivity index (χ1) is 6.07. The quantitative estimate of drug-likeness (QED) is 0.317. The van der Waals surface area contributed by atoms with Crippen LogP contribution in [0.2, 0.25) is 0 Å². The van der Waals surface area contributed by atoms with Crippen molar-refractivity contribution < 1.29 is 19.3 Å². The second-order valence-corrected chi connectivity index (χ2v) is 2.33. The Hall–Kier alpha value is -1.79. The fourth-order valence-corrected chi connectivity index (χ4v) is 0.896. The van der Waals surface area contributed by atoms with Crippen LogP contribution in [0.4, 0.5) is 0 Å². The predicted octanol–water partition coefficient (Wildman–Crippen LogP) is -2.33. The molecule has 0 unspecified atom stereocenters. The number of nitrogen functional groups attached to an aromatic ring is 1. The third-order valence-corrected chi connectivity index (χ3v) is 1.43. The lowest BCUT2D eigenvalue weighted by molar-refractivity contribution is -0.734. The smallest absolute Gasteiger partial charge is 0.383 e. The molecule has 0 amide bonds. The van der Waals surface area contributed by atoms with E-state index in [1.165, 1.54) is 7.05 Å². The molecule has 0 saturated heterocycles. The summed E-state index contributed by atoms with van der Waals surface area (Å²) >= 11 is 0. The van der Waals surface area contributed by atoms with Gasteiger partial charge in [0.1, 0.15) is 12.3 Å². The van der Waals surface area contributed by atoms with Crippen molar-refractivity contribution in [1.29, 1.82) is 0 Å². The van der Waals surface area contributed by atoms with E-state index in [0.29, 0.717) is 4.79 Å². The monoisotopic (exact) mass is 186 g/mol. The van der Waals surface area contributed by atoms with Crippen LogP contribution in [0.1, 0.15) is 17.4 Å². The van der Waals surface area contributed by atoms with Gasteiger partial charge >= 0.3 is 5.97 Å². The van der Waals surface area contributed by atoms with Gasteiger partial charge in [0.15, 0.2) is 5.88 Å². The number of rotatable bonds is 2. The average molecular weight is 186 g/mol. The zero-order chi connectivity index (χ0) is 10.0. The summed E-state index contributed by atoms with van der Waals surface area (Å²) in [6.45, 7) is 1.85. The van der Waals surface area contributed by atoms with Gasteiger partial charge in [0, 0.05) is 0 Å². The van der Waals surface area contributed by atoms with Crippen molar-refractivity contribution in [1.82, 2.24) is 10.0 Å². The van der Waals surface area contributed by atoms with Crippen LogP contribution in [0.3, 0.4) is 0 Å². The number of aryl methyl sites for hydroxylation is 1. The SMILES string of the molecule is CCOC(=O)c1c([O-])n(N)n[n+]1C. The molecule has 1 aromatic heterocycles. The Kier molecular flexibility index (Phi) is 2.36. The normalized spacial score (nSPS) is 10.0. The summed E-state index contributed by atoms with van der Waals surface area (Å²) in [6, 6.07) is 0. The third-order valence-electron chi connectivity index (χ3n) is 1.43. The minimum absolute atomic E-state index is 0.177. The molecule has 0 bridgehead atoms. The summed E-state index contributed by atoms with van der Waals surface area (Å²) in [5, 5.41) is 14.7. The molecule has 0 spiro atoms. The van der Waals surface area contributed by atoms with Gasteiger partial charge in [0.25, 0.3) is 5.69 Å². The Morgan fingerprint density at radius 2 is 2.46 bits per heavy atom. The molecule has 0 saturated carbocycles. The maximum Gasteiger partial charge on any atom is 0.383 e. The molecule has 0 fully saturated rings. The standard InChI is InChI=1S/C6H10N4O3/c1-3-13-6(12)4-5(11)10(7)8-9(4)2/h3H2,1-2H3,(H2-,7,8,11,12). The Balaban J connectivity index is 3.06. The van der Waals surface area contributed by atoms with Crippen molar-refractivity contribution in [2.45, 2.75) is 6.92 Å². The highest BCUT2D eigenvalue weighted by molar-refractivity contribution is 5.87. The van der Waals surface area contributed by atoms with Gasteiger partial charge in [-0.1, -0.05) is 0 Å². The fourth-order valence-electron chi connectivity index (χ4n) is 0.896. The van der Waals surface area contributed by atoms with E-state index in [0.717, 1.165) is 4.68 Å². The Morgan fingerprint density at radius 1 is 1.85 bits per heavy atom. The number of hydrogen-bond donors (Lipinski definition) is 1. The van der Waals surface area contributed by atoms with E-state index in [9.17, 15) is 9.90 Å². The van der Waals surface area contributed by atoms with Crippen LogP contribution in [0, 0.1) is 0 Å². The summed E-state index contributed by atoms with van der Waals surface area (Å²) in [5.74, 6) is 3.76. The van der Waals surface area contributed by atoms with Crippen molar-refractivity contribution in [2.24, 2.45) is 7.05 Å². The van der Waals surface area contributed by atoms with Crippen molar-refractivity contribution in [3.63, 3.8) is 0 Å². The van der Waals surface area contributed by atoms with Crippen LogP contribution in [0.5, 0.6) is 5.88 Å². The minimum atomic E-state index is -0.716. The molecule has 0 aliphatic heterocycles. The largest absolute Gasteiger partial charge is 0.836 e. The Labute approximate surface area is 74.3 Å². The molecule has 0 aromatic carbocycles. The third kappa shape index (κ3) is 1.53. The van der Waals surface area contributed by atoms with E-state index >= 15 is 0 Å². The van der Waals surface area contributed by atoms with Crippen LogP contribution in [0.15, 0.2) is 0 Å². The zero-order valence-corrected chi connectivity index (χ0v) is 7.35. The van der Waals surface area contributed by atoms with Crippen molar-refractivity contribution in [3.05, 3.63) is 5.69 Å². The molecule has 0 atom stereocenters. The lowest BCUT2D eigenvalue weighted by Gasteiger charge is -2.00. The highest BCUT2D eigenvalue weighted by Gasteiger charge is 2.23. The van der Waals surface area contributed by atoms with Crippen LogP contribution < -0.4 is 15.6 Å². The average Bonchev–Trinajstić information content (AvgIpc) is 2.27. The van der Waals surface area contributed by atoms with Gasteiger partial charge in [0.05, 0.1) is 6.61 Å². The van der Waals surface area contributed by atoms with Crippen LogP contribution in [-0.4, -0.2) is 22.6 Å². The van der Waals surface area contributed by atoms with E-state index in [1.54, 1.807) is 6.92 Å². The van der Waals surface area contributed by atoms with Gasteiger partial charge in [-0.25, -0.2) is 10.6 Å². The predicted molar refractivity (Wildman–Crippen MR) is 39.0 cm³/mol. The molecule has 1 heterocycles. The number of carbonyl (C=O) groups excluding carboxylic acids is 1. The molecule has 1 aromatic rings. The van der Waals surface area contributed by atoms with Gasteiger partial charge in [0.2, 0.25) is 0 Å². The summed E-state index contributed by atoms with van der Waals surface area (Å²) in [5.41, 5.74) is -0.177. The number of ether oxygens (including phenoxy) is 1. The second-order valence-electron chi connectivity index (χ2n) is 2.33. The number of aromatic nitrogens is 3. The van der Waals surface area contributed by atoms with E-state index in [1.807, 2.05) is 0 Å². The second kappa shape index (κ2) is 3.30. The fraction of sp³-hybridized carbons (Fsp3) is 0.500. The first kappa shape index (κ1) is 9.30. The highest BCUT2D eigenvalue weighted by Crippen LogP contribution is 2.05. The van der Waals surface area contributed by atoms with Crippen molar-refractivity contribution in [3.8, 4) is 5.88 Å². The molecule has 72 valence electrons. The number of carbonyl (C=O) groups is 1. The molecular formula is C6H10N4O3. The van der Waals surface area contributed by atoms with Crippen LogP contribution in [-0.2, 0) is 11.8 Å². The molecule has 2 N–H and O–H groups in total. The van der Waals surface area contributed by atoms with E-state index < -0.39 is 11.8 Å². The molecular weight excluding hydrogens is 176 g/mol. The molecule has 0 aliphatic rings. The Morgan fingerprint density at radius 3 is 2.85 bits per heavy atom. The van der Waals surface area contributed by atoms with Crippen molar-refractivity contribution in [2.75, 3.05) is 12.4 Å². The highest BCUT2D eigenvalue weighted by atomic mass is 16.5. The van der Waals surface area contributed by atoms with E-state index in [-0.39, 0.29) is 12.3 Å². The molecule has 0 radical (unpaired) electrons. The van der Waals surface area contributed by atoms with Gasteiger partial charge < -0.3 is 9.84 Å². The first-order valence-corrected chi connectivity index (χ1v) is 3.66. The molecule has 1 rings (SSSR count). The molecule has 13 heavy (non-hydrogen) atoms. The van der Waals surface area contributed by atoms with Gasteiger partial charge in [-0.05, 0) is 11.7 Å². The maximum atomic E-state index is 11.2. The summed E-state index contributed by atoms with van der Waals surface area (Å²) in [7, 11) is 1.44. The van der Waals surface area contributed by atoms with Gasteiger partial charge in [-0.3, -0.25) is 0 Å². The first-order valence-electron chi connectivity index (χ1n) is 3.66. The van der Waals surface area contributed by atoms with Crippen molar-refractivity contribution >= 4 is 5.97 Å². The zero-order valence-electron chi connectivity index (χ0n) is 7.35. The summed E-state index contributed by atoms with van der Waals surface area (Å²) < 4.78 is 5.72. The summed E-state index contributed by atoms with van der Waals surface area (Å²) in [4.78, 5) is 11.7. The molecule has 7 heteroatoms. The number of esters is 1. The van der Waals surface area contributed by atoms with E-state index in [4.69, 9.17) is 5.84 Å².